The van der Waals surface area contributed by atoms with Gasteiger partial charge in [0, 0.05) is 50.7 Å². The van der Waals surface area contributed by atoms with Gasteiger partial charge in [0.05, 0.1) is 30.4 Å². The lowest BCUT2D eigenvalue weighted by molar-refractivity contribution is 0.0951. The van der Waals surface area contributed by atoms with Gasteiger partial charge in [-0.3, -0.25) is 9.79 Å². The van der Waals surface area contributed by atoms with E-state index in [0.29, 0.717) is 32.1 Å². The number of hydrogen-bond acceptors (Lipinski definition) is 9. The Morgan fingerprint density at radius 1 is 1.14 bits per heavy atom. The topological polar surface area (TPSA) is 136 Å². The highest BCUT2D eigenvalue weighted by Crippen LogP contribution is 2.33. The summed E-state index contributed by atoms with van der Waals surface area (Å²) in [6.07, 6.45) is 6.14. The number of rotatable bonds is 10. The average Bonchev–Trinajstić information content (AvgIpc) is 3.52. The first kappa shape index (κ1) is 22.9. The van der Waals surface area contributed by atoms with Crippen LogP contribution in [0.25, 0.3) is 11.0 Å². The molecule has 2 aliphatic rings. The summed E-state index contributed by atoms with van der Waals surface area (Å²) in [5.74, 6) is 3.36. The van der Waals surface area contributed by atoms with E-state index in [1.807, 2.05) is 18.3 Å². The Morgan fingerprint density at radius 2 is 1.97 bits per heavy atom. The summed E-state index contributed by atoms with van der Waals surface area (Å²) in [6.45, 7) is 2.79. The number of carbonyl (C=O) groups is 1. The van der Waals surface area contributed by atoms with Crippen molar-refractivity contribution in [3.05, 3.63) is 47.3 Å². The van der Waals surface area contributed by atoms with Gasteiger partial charge < -0.3 is 34.2 Å². The minimum atomic E-state index is -0.306. The molecule has 35 heavy (non-hydrogen) atoms. The van der Waals surface area contributed by atoms with Crippen molar-refractivity contribution in [1.29, 1.82) is 0 Å². The van der Waals surface area contributed by atoms with Crippen LogP contribution in [0.1, 0.15) is 35.0 Å². The lowest BCUT2D eigenvalue weighted by atomic mass is 10.2. The Kier molecular flexibility index (Phi) is 6.94. The number of hydrogen-bond donors (Lipinski definition) is 3. The number of carbonyl (C=O) groups excluding carboxylic acids is 1. The van der Waals surface area contributed by atoms with E-state index in [1.54, 1.807) is 7.11 Å². The average molecular weight is 481 g/mol. The molecule has 1 amide bonds. The van der Waals surface area contributed by atoms with Gasteiger partial charge in [0.15, 0.2) is 23.1 Å². The zero-order valence-corrected chi connectivity index (χ0v) is 19.6. The molecule has 2 aliphatic heterocycles. The minimum Gasteiger partial charge on any atom is -0.499 e. The van der Waals surface area contributed by atoms with Crippen LogP contribution in [-0.2, 0) is 17.6 Å². The fourth-order valence-electron chi connectivity index (χ4n) is 3.98. The predicted molar refractivity (Wildman–Crippen MR) is 128 cm³/mol. The van der Waals surface area contributed by atoms with Crippen molar-refractivity contribution in [2.75, 3.05) is 40.0 Å². The number of H-pyrrole nitrogens is 1. The van der Waals surface area contributed by atoms with Crippen LogP contribution >= 0.6 is 0 Å². The van der Waals surface area contributed by atoms with Gasteiger partial charge in [-0.15, -0.1) is 0 Å². The number of benzene rings is 1. The normalized spacial score (nSPS) is 15.0. The molecule has 0 unspecified atom stereocenters. The van der Waals surface area contributed by atoms with E-state index in [2.05, 4.69) is 30.6 Å². The number of methoxy groups -OCH3 is 1. The second-order valence-corrected chi connectivity index (χ2v) is 8.18. The molecule has 5 rings (SSSR count). The molecule has 0 saturated carbocycles. The smallest absolute Gasteiger partial charge is 0.273 e. The van der Waals surface area contributed by atoms with Crippen molar-refractivity contribution in [1.82, 2.24) is 25.6 Å². The molecule has 0 radical (unpaired) electrons. The molecule has 1 aromatic carbocycles. The summed E-state index contributed by atoms with van der Waals surface area (Å²) in [6, 6.07) is 3.84. The van der Waals surface area contributed by atoms with Crippen LogP contribution in [0.2, 0.25) is 0 Å². The summed E-state index contributed by atoms with van der Waals surface area (Å²) in [5, 5.41) is 6.17. The Hall–Kier alpha value is -3.86. The maximum Gasteiger partial charge on any atom is 0.273 e. The second kappa shape index (κ2) is 10.6. The fourth-order valence-corrected chi connectivity index (χ4v) is 3.98. The van der Waals surface area contributed by atoms with E-state index in [4.69, 9.17) is 18.6 Å². The van der Waals surface area contributed by atoms with Gasteiger partial charge in [-0.05, 0) is 6.42 Å². The van der Waals surface area contributed by atoms with Gasteiger partial charge in [0.25, 0.3) is 5.91 Å². The Morgan fingerprint density at radius 3 is 2.83 bits per heavy atom. The molecule has 3 aromatic rings. The van der Waals surface area contributed by atoms with Gasteiger partial charge >= 0.3 is 0 Å². The predicted octanol–water partition coefficient (Wildman–Crippen LogP) is 2.15. The number of imidazole rings is 1. The molecule has 2 aromatic heterocycles. The molecule has 0 bridgehead atoms. The van der Waals surface area contributed by atoms with Crippen molar-refractivity contribution in [2.24, 2.45) is 4.99 Å². The Labute approximate surface area is 202 Å². The third-order valence-electron chi connectivity index (χ3n) is 5.77. The molecule has 0 saturated heterocycles. The van der Waals surface area contributed by atoms with E-state index in [1.165, 1.54) is 6.26 Å². The van der Waals surface area contributed by atoms with E-state index >= 15 is 0 Å². The van der Waals surface area contributed by atoms with Crippen LogP contribution in [0.3, 0.4) is 0 Å². The highest BCUT2D eigenvalue weighted by Gasteiger charge is 2.16. The quantitative estimate of drug-likeness (QED) is 0.376. The fraction of sp³-hybridized carbons (Fsp3) is 0.417. The van der Waals surface area contributed by atoms with Crippen LogP contribution in [-0.4, -0.2) is 67.0 Å². The SMILES string of the molecule is COC1=C(CNC(=O)c2coc(CCNCCc3nc4cc5c(cc4[nH]3)OCCO5)n2)N=CCC1. The summed E-state index contributed by atoms with van der Waals surface area (Å²) in [4.78, 5) is 29.0. The molecule has 3 N–H and O–H groups in total. The van der Waals surface area contributed by atoms with Gasteiger partial charge in [0.2, 0.25) is 0 Å². The minimum absolute atomic E-state index is 0.247. The number of aromatic amines is 1. The third-order valence-corrected chi connectivity index (χ3v) is 5.77. The van der Waals surface area contributed by atoms with Gasteiger partial charge in [0.1, 0.15) is 31.1 Å². The van der Waals surface area contributed by atoms with Crippen LogP contribution in [0.4, 0.5) is 0 Å². The van der Waals surface area contributed by atoms with Crippen molar-refractivity contribution in [2.45, 2.75) is 25.7 Å². The summed E-state index contributed by atoms with van der Waals surface area (Å²) < 4.78 is 22.0. The highest BCUT2D eigenvalue weighted by molar-refractivity contribution is 5.92. The van der Waals surface area contributed by atoms with E-state index in [9.17, 15) is 4.79 Å². The first-order chi connectivity index (χ1) is 17.2. The highest BCUT2D eigenvalue weighted by atomic mass is 16.6. The zero-order valence-electron chi connectivity index (χ0n) is 19.6. The molecule has 0 fully saturated rings. The van der Waals surface area contributed by atoms with Crippen molar-refractivity contribution in [3.63, 3.8) is 0 Å². The molecule has 0 aliphatic carbocycles. The van der Waals surface area contributed by atoms with Crippen molar-refractivity contribution >= 4 is 23.2 Å². The molecule has 184 valence electrons. The van der Waals surface area contributed by atoms with Crippen molar-refractivity contribution in [3.8, 4) is 11.5 Å². The number of allylic oxidation sites excluding steroid dienone is 1. The van der Waals surface area contributed by atoms with Crippen LogP contribution in [0, 0.1) is 0 Å². The summed E-state index contributed by atoms with van der Waals surface area (Å²) in [5.41, 5.74) is 2.77. The number of aromatic nitrogens is 3. The number of ether oxygens (including phenoxy) is 3. The second-order valence-electron chi connectivity index (χ2n) is 8.18. The molecular formula is C24H28N6O5. The third kappa shape index (κ3) is 5.46. The Bertz CT molecular complexity index is 1220. The number of nitrogens with one attached hydrogen (secondary N) is 3. The lowest BCUT2D eigenvalue weighted by Gasteiger charge is -2.17. The van der Waals surface area contributed by atoms with Crippen molar-refractivity contribution < 1.29 is 23.4 Å². The summed E-state index contributed by atoms with van der Waals surface area (Å²) in [7, 11) is 1.61. The number of aliphatic imine (C=N–C) groups is 1. The largest absolute Gasteiger partial charge is 0.499 e. The number of fused-ring (bicyclic) bond motifs is 2. The molecule has 11 nitrogen and oxygen atoms in total. The lowest BCUT2D eigenvalue weighted by Crippen LogP contribution is -2.27. The summed E-state index contributed by atoms with van der Waals surface area (Å²) >= 11 is 0. The molecule has 0 spiro atoms. The van der Waals surface area contributed by atoms with E-state index in [-0.39, 0.29) is 18.1 Å². The number of amides is 1. The monoisotopic (exact) mass is 480 g/mol. The Balaban J connectivity index is 1.05. The van der Waals surface area contributed by atoms with Gasteiger partial charge in [-0.2, -0.15) is 0 Å². The standard InChI is InChI=1S/C24H28N6O5/c1-32-19-3-2-6-26-17(19)13-27-24(31)18-14-35-23(30-18)5-8-25-7-4-22-28-15-11-20-21(12-16(15)29-22)34-10-9-33-20/h6,11-12,14,25H,2-5,7-10,13H2,1H3,(H,27,31)(H,28,29). The molecule has 11 heteroatoms. The van der Waals surface area contributed by atoms with E-state index < -0.39 is 0 Å². The van der Waals surface area contributed by atoms with Crippen LogP contribution in [0.5, 0.6) is 11.5 Å². The maximum atomic E-state index is 12.4. The van der Waals surface area contributed by atoms with Gasteiger partial charge in [-0.25, -0.2) is 9.97 Å². The van der Waals surface area contributed by atoms with Crippen LogP contribution in [0.15, 0.2) is 39.3 Å². The zero-order chi connectivity index (χ0) is 24.0. The van der Waals surface area contributed by atoms with Crippen LogP contribution < -0.4 is 20.1 Å². The number of nitrogens with zero attached hydrogens (tertiary/aromatic N) is 3. The molecular weight excluding hydrogens is 452 g/mol. The first-order valence-electron chi connectivity index (χ1n) is 11.7. The molecule has 4 heterocycles. The first-order valence-corrected chi connectivity index (χ1v) is 11.7. The number of oxazole rings is 1. The van der Waals surface area contributed by atoms with Gasteiger partial charge in [-0.1, -0.05) is 0 Å². The molecule has 0 atom stereocenters. The van der Waals surface area contributed by atoms with E-state index in [0.717, 1.165) is 65.6 Å². The maximum absolute atomic E-state index is 12.4.